The van der Waals surface area contributed by atoms with Crippen molar-refractivity contribution in [3.05, 3.63) is 0 Å². The van der Waals surface area contributed by atoms with Crippen molar-refractivity contribution in [3.8, 4) is 0 Å². The van der Waals surface area contributed by atoms with Crippen LogP contribution in [0.5, 0.6) is 0 Å². The van der Waals surface area contributed by atoms with Crippen molar-refractivity contribution in [2.75, 3.05) is 6.61 Å². The summed E-state index contributed by atoms with van der Waals surface area (Å²) >= 11 is 0. The third kappa shape index (κ3) is 2.77. The molecule has 0 bridgehead atoms. The molecule has 0 aromatic heterocycles. The number of carbonyl (C=O) groups is 1. The Kier molecular flexibility index (Phi) is 3.95. The van der Waals surface area contributed by atoms with E-state index in [4.69, 9.17) is 5.73 Å². The molecule has 0 rings (SSSR count). The van der Waals surface area contributed by atoms with Gasteiger partial charge in [-0.1, -0.05) is 0 Å². The van der Waals surface area contributed by atoms with E-state index in [2.05, 4.69) is 4.74 Å². The molecular weight excluding hydrogens is 137 g/mol. The highest BCUT2D eigenvalue weighted by molar-refractivity contribution is 5.76. The molecule has 2 atom stereocenters. The molecule has 0 fully saturated rings. The molecule has 0 unspecified atom stereocenters. The minimum Gasteiger partial charge on any atom is -0.465 e. The maximum Gasteiger partial charge on any atom is 0.325 e. The number of carbonyl (C=O) groups excluding carboxylic acids is 1. The van der Waals surface area contributed by atoms with Gasteiger partial charge in [-0.15, -0.1) is 0 Å². The Balaban J connectivity index is 3.71. The van der Waals surface area contributed by atoms with E-state index in [1.165, 1.54) is 6.92 Å². The number of hydrogen-bond acceptors (Lipinski definition) is 3. The monoisotopic (exact) mass is 149 g/mol. The lowest BCUT2D eigenvalue weighted by Gasteiger charge is -2.10. The SMILES string of the molecule is CCOC(=O)[C@@H](N)[C@@H](C)F. The average Bonchev–Trinajstić information content (AvgIpc) is 1.87. The summed E-state index contributed by atoms with van der Waals surface area (Å²) in [6, 6.07) is -1.14. The fourth-order valence-electron chi connectivity index (χ4n) is 0.426. The number of esters is 1. The van der Waals surface area contributed by atoms with Crippen LogP contribution in [0.2, 0.25) is 0 Å². The van der Waals surface area contributed by atoms with E-state index in [9.17, 15) is 9.18 Å². The van der Waals surface area contributed by atoms with E-state index in [0.717, 1.165) is 0 Å². The van der Waals surface area contributed by atoms with Crippen LogP contribution in [-0.2, 0) is 9.53 Å². The van der Waals surface area contributed by atoms with Gasteiger partial charge in [-0.3, -0.25) is 4.79 Å². The van der Waals surface area contributed by atoms with Crippen LogP contribution in [0.25, 0.3) is 0 Å². The Morgan fingerprint density at radius 2 is 2.30 bits per heavy atom. The third-order valence-electron chi connectivity index (χ3n) is 1.05. The Morgan fingerprint density at radius 3 is 2.60 bits per heavy atom. The number of rotatable bonds is 3. The molecule has 0 aliphatic rings. The van der Waals surface area contributed by atoms with Gasteiger partial charge in [-0.05, 0) is 13.8 Å². The number of nitrogens with two attached hydrogens (primary N) is 1. The van der Waals surface area contributed by atoms with Crippen molar-refractivity contribution in [2.24, 2.45) is 5.73 Å². The predicted octanol–water partition coefficient (Wildman–Crippen LogP) is 0.235. The highest BCUT2D eigenvalue weighted by Gasteiger charge is 2.20. The van der Waals surface area contributed by atoms with Crippen LogP contribution in [0.4, 0.5) is 4.39 Å². The van der Waals surface area contributed by atoms with Crippen LogP contribution in [0.3, 0.4) is 0 Å². The van der Waals surface area contributed by atoms with Gasteiger partial charge in [-0.2, -0.15) is 0 Å². The summed E-state index contributed by atoms with van der Waals surface area (Å²) in [5, 5.41) is 0. The highest BCUT2D eigenvalue weighted by atomic mass is 19.1. The highest BCUT2D eigenvalue weighted by Crippen LogP contribution is 1.96. The smallest absolute Gasteiger partial charge is 0.325 e. The van der Waals surface area contributed by atoms with Crippen molar-refractivity contribution in [3.63, 3.8) is 0 Å². The van der Waals surface area contributed by atoms with E-state index in [1.807, 2.05) is 0 Å². The normalized spacial score (nSPS) is 16.0. The largest absolute Gasteiger partial charge is 0.465 e. The van der Waals surface area contributed by atoms with E-state index in [-0.39, 0.29) is 6.61 Å². The van der Waals surface area contributed by atoms with Crippen molar-refractivity contribution in [1.29, 1.82) is 0 Å². The molecule has 0 amide bonds. The molecule has 0 aromatic carbocycles. The number of halogens is 1. The molecule has 3 nitrogen and oxygen atoms in total. The van der Waals surface area contributed by atoms with Gasteiger partial charge in [0.25, 0.3) is 0 Å². The van der Waals surface area contributed by atoms with Gasteiger partial charge in [0.2, 0.25) is 0 Å². The maximum atomic E-state index is 12.2. The van der Waals surface area contributed by atoms with Gasteiger partial charge >= 0.3 is 5.97 Å². The van der Waals surface area contributed by atoms with E-state index in [0.29, 0.717) is 0 Å². The Morgan fingerprint density at radius 1 is 1.80 bits per heavy atom. The van der Waals surface area contributed by atoms with E-state index < -0.39 is 18.2 Å². The van der Waals surface area contributed by atoms with Gasteiger partial charge in [0.1, 0.15) is 12.2 Å². The Hall–Kier alpha value is -0.640. The van der Waals surface area contributed by atoms with Gasteiger partial charge in [-0.25, -0.2) is 4.39 Å². The van der Waals surface area contributed by atoms with Gasteiger partial charge in [0, 0.05) is 0 Å². The molecule has 0 aliphatic carbocycles. The van der Waals surface area contributed by atoms with Crippen LogP contribution in [-0.4, -0.2) is 24.8 Å². The first-order valence-electron chi connectivity index (χ1n) is 3.15. The molecule has 0 heterocycles. The summed E-state index contributed by atoms with van der Waals surface area (Å²) in [5.74, 6) is -0.683. The van der Waals surface area contributed by atoms with Crippen LogP contribution in [0.1, 0.15) is 13.8 Å². The van der Waals surface area contributed by atoms with Crippen molar-refractivity contribution in [1.82, 2.24) is 0 Å². The molecule has 0 radical (unpaired) electrons. The summed E-state index contributed by atoms with van der Waals surface area (Å²) < 4.78 is 16.7. The van der Waals surface area contributed by atoms with Crippen LogP contribution >= 0.6 is 0 Å². The minimum absolute atomic E-state index is 0.235. The fraction of sp³-hybridized carbons (Fsp3) is 0.833. The number of ether oxygens (including phenoxy) is 1. The molecule has 60 valence electrons. The first kappa shape index (κ1) is 9.36. The summed E-state index contributed by atoms with van der Waals surface area (Å²) in [6.07, 6.45) is -1.35. The first-order valence-corrected chi connectivity index (χ1v) is 3.15. The second-order valence-electron chi connectivity index (χ2n) is 1.96. The lowest BCUT2D eigenvalue weighted by atomic mass is 10.2. The fourth-order valence-corrected chi connectivity index (χ4v) is 0.426. The maximum absolute atomic E-state index is 12.2. The van der Waals surface area contributed by atoms with Crippen LogP contribution in [0.15, 0.2) is 0 Å². The minimum atomic E-state index is -1.35. The Labute approximate surface area is 59.3 Å². The van der Waals surface area contributed by atoms with Crippen LogP contribution < -0.4 is 5.73 Å². The zero-order valence-corrected chi connectivity index (χ0v) is 6.13. The predicted molar refractivity (Wildman–Crippen MR) is 35.2 cm³/mol. The second-order valence-corrected chi connectivity index (χ2v) is 1.96. The van der Waals surface area contributed by atoms with Crippen LogP contribution in [0, 0.1) is 0 Å². The molecule has 0 spiro atoms. The van der Waals surface area contributed by atoms with Crippen molar-refractivity contribution in [2.45, 2.75) is 26.1 Å². The van der Waals surface area contributed by atoms with Gasteiger partial charge in [0.15, 0.2) is 0 Å². The van der Waals surface area contributed by atoms with E-state index >= 15 is 0 Å². The van der Waals surface area contributed by atoms with E-state index in [1.54, 1.807) is 6.92 Å². The Bertz CT molecular complexity index is 116. The summed E-state index contributed by atoms with van der Waals surface area (Å²) in [5.41, 5.74) is 5.10. The topological polar surface area (TPSA) is 52.3 Å². The standard InChI is InChI=1S/C6H12FNO2/c1-3-10-6(9)5(8)4(2)7/h4-5H,3,8H2,1-2H3/t4-,5+/m1/s1. The zero-order valence-electron chi connectivity index (χ0n) is 6.13. The zero-order chi connectivity index (χ0) is 8.15. The molecular formula is C6H12FNO2. The van der Waals surface area contributed by atoms with Crippen molar-refractivity contribution < 1.29 is 13.9 Å². The molecule has 4 heteroatoms. The van der Waals surface area contributed by atoms with Gasteiger partial charge < -0.3 is 10.5 Å². The summed E-state index contributed by atoms with van der Waals surface area (Å²) in [7, 11) is 0. The lowest BCUT2D eigenvalue weighted by Crippen LogP contribution is -2.39. The number of hydrogen-bond donors (Lipinski definition) is 1. The second kappa shape index (κ2) is 4.22. The molecule has 0 saturated carbocycles. The summed E-state index contributed by atoms with van der Waals surface area (Å²) in [6.45, 7) is 3.11. The van der Waals surface area contributed by atoms with Crippen molar-refractivity contribution >= 4 is 5.97 Å². The summed E-state index contributed by atoms with van der Waals surface area (Å²) in [4.78, 5) is 10.6. The molecule has 0 saturated heterocycles. The number of alkyl halides is 1. The lowest BCUT2D eigenvalue weighted by molar-refractivity contribution is -0.146. The molecule has 2 N–H and O–H groups in total. The van der Waals surface area contributed by atoms with Gasteiger partial charge in [0.05, 0.1) is 6.61 Å². The molecule has 0 aliphatic heterocycles. The first-order chi connectivity index (χ1) is 4.59. The average molecular weight is 149 g/mol. The molecule has 10 heavy (non-hydrogen) atoms. The molecule has 0 aromatic rings. The quantitative estimate of drug-likeness (QED) is 0.584. The third-order valence-corrected chi connectivity index (χ3v) is 1.05.